The molecule has 4 rings (SSSR count). The predicted octanol–water partition coefficient (Wildman–Crippen LogP) is 3.50. The Bertz CT molecular complexity index is 1130. The topological polar surface area (TPSA) is 115 Å². The highest BCUT2D eigenvalue weighted by atomic mass is 19.4. The number of nitrogens with two attached hydrogens (primary N) is 1. The van der Waals surface area contributed by atoms with E-state index in [-0.39, 0.29) is 18.3 Å². The van der Waals surface area contributed by atoms with Crippen molar-refractivity contribution in [1.82, 2.24) is 19.9 Å². The summed E-state index contributed by atoms with van der Waals surface area (Å²) >= 11 is 0. The van der Waals surface area contributed by atoms with Crippen molar-refractivity contribution in [3.63, 3.8) is 0 Å². The molecule has 2 aromatic rings. The first kappa shape index (κ1) is 25.0. The summed E-state index contributed by atoms with van der Waals surface area (Å²) in [7, 11) is 0. The van der Waals surface area contributed by atoms with E-state index in [2.05, 4.69) is 20.6 Å². The number of carbonyl (C=O) groups excluding carboxylic acids is 1. The largest absolute Gasteiger partial charge is 0.393 e. The average molecular weight is 493 g/mol. The summed E-state index contributed by atoms with van der Waals surface area (Å²) < 4.78 is 42.6. The highest BCUT2D eigenvalue weighted by Gasteiger charge is 2.44. The number of alkyl halides is 3. The van der Waals surface area contributed by atoms with Gasteiger partial charge in [-0.3, -0.25) is 14.2 Å². The van der Waals surface area contributed by atoms with Gasteiger partial charge in [0.25, 0.3) is 5.56 Å². The zero-order valence-electron chi connectivity index (χ0n) is 19.7. The number of aromatic nitrogens is 3. The van der Waals surface area contributed by atoms with E-state index in [0.29, 0.717) is 42.9 Å². The molecule has 8 nitrogen and oxygen atoms in total. The van der Waals surface area contributed by atoms with E-state index in [1.54, 1.807) is 19.1 Å². The molecule has 1 aliphatic heterocycles. The second-order valence-corrected chi connectivity index (χ2v) is 9.45. The number of anilines is 2. The van der Waals surface area contributed by atoms with E-state index in [9.17, 15) is 22.8 Å². The van der Waals surface area contributed by atoms with E-state index in [4.69, 9.17) is 5.73 Å². The minimum Gasteiger partial charge on any atom is -0.384 e. The average Bonchev–Trinajstić information content (AvgIpc) is 3.25. The molecule has 0 spiro atoms. The first-order chi connectivity index (χ1) is 16.6. The lowest BCUT2D eigenvalue weighted by molar-refractivity contribution is -0.187. The van der Waals surface area contributed by atoms with Crippen molar-refractivity contribution in [2.75, 3.05) is 17.6 Å². The van der Waals surface area contributed by atoms with E-state index in [1.165, 1.54) is 10.8 Å². The van der Waals surface area contributed by atoms with Crippen LogP contribution in [-0.4, -0.2) is 33.2 Å². The van der Waals surface area contributed by atoms with Gasteiger partial charge in [-0.15, -0.1) is 0 Å². The summed E-state index contributed by atoms with van der Waals surface area (Å²) in [5.41, 5.74) is 7.18. The lowest BCUT2D eigenvalue weighted by Gasteiger charge is -2.32. The molecule has 0 radical (unpaired) electrons. The normalized spacial score (nSPS) is 19.3. The van der Waals surface area contributed by atoms with Gasteiger partial charge in [0.1, 0.15) is 11.9 Å². The number of nitrogens with one attached hydrogen (secondary N) is 2. The summed E-state index contributed by atoms with van der Waals surface area (Å²) in [5, 5.41) is 5.49. The molecule has 0 saturated heterocycles. The third-order valence-corrected chi connectivity index (χ3v) is 7.16. The van der Waals surface area contributed by atoms with Crippen LogP contribution in [0.1, 0.15) is 61.5 Å². The number of aryl methyl sites for hydroxylation is 2. The Labute approximate surface area is 201 Å². The molecule has 35 heavy (non-hydrogen) atoms. The van der Waals surface area contributed by atoms with Crippen molar-refractivity contribution in [2.45, 2.75) is 70.6 Å². The highest BCUT2D eigenvalue weighted by Crippen LogP contribution is 2.39. The number of nitrogens with zero attached hydrogens (tertiary/aromatic N) is 3. The van der Waals surface area contributed by atoms with Gasteiger partial charge in [0.05, 0.1) is 5.92 Å². The van der Waals surface area contributed by atoms with Gasteiger partial charge >= 0.3 is 6.18 Å². The highest BCUT2D eigenvalue weighted by molar-refractivity contribution is 5.81. The van der Waals surface area contributed by atoms with Gasteiger partial charge in [-0.25, -0.2) is 9.97 Å². The van der Waals surface area contributed by atoms with Crippen LogP contribution in [0, 0.1) is 18.8 Å². The molecule has 1 fully saturated rings. The molecule has 0 unspecified atom stereocenters. The molecule has 0 aromatic carbocycles. The maximum atomic E-state index is 13.8. The minimum absolute atomic E-state index is 0.155. The van der Waals surface area contributed by atoms with Crippen LogP contribution in [0.2, 0.25) is 0 Å². The van der Waals surface area contributed by atoms with Gasteiger partial charge in [-0.05, 0) is 50.2 Å². The summed E-state index contributed by atoms with van der Waals surface area (Å²) in [6, 6.07) is 2.68. The molecule has 11 heteroatoms. The third-order valence-electron chi connectivity index (χ3n) is 7.16. The Balaban J connectivity index is 1.47. The second kappa shape index (κ2) is 10.2. The first-order valence-electron chi connectivity index (χ1n) is 12.1. The summed E-state index contributed by atoms with van der Waals surface area (Å²) in [6.07, 6.45) is 1.61. The lowest BCUT2D eigenvalue weighted by Crippen LogP contribution is -2.39. The zero-order valence-corrected chi connectivity index (χ0v) is 19.7. The predicted molar refractivity (Wildman–Crippen MR) is 126 cm³/mol. The second-order valence-electron chi connectivity index (χ2n) is 9.45. The maximum Gasteiger partial charge on any atom is 0.393 e. The number of halogens is 3. The van der Waals surface area contributed by atoms with Gasteiger partial charge < -0.3 is 16.4 Å². The molecular formula is C24H31F3N6O2. The number of nitrogen functional groups attached to an aromatic ring is 1. The first-order valence-corrected chi connectivity index (χ1v) is 12.1. The Hall–Kier alpha value is -3.11. The molecule has 4 N–H and O–H groups in total. The number of amides is 1. The van der Waals surface area contributed by atoms with Gasteiger partial charge in [0, 0.05) is 30.7 Å². The number of rotatable bonds is 7. The number of hydrogen-bond donors (Lipinski definition) is 3. The molecule has 1 aliphatic carbocycles. The van der Waals surface area contributed by atoms with Gasteiger partial charge in [0.15, 0.2) is 5.82 Å². The molecule has 3 heterocycles. The van der Waals surface area contributed by atoms with Gasteiger partial charge in [-0.1, -0.05) is 25.3 Å². The third kappa shape index (κ3) is 5.59. The number of carbonyl (C=O) groups is 1. The fraction of sp³-hybridized carbons (Fsp3) is 0.583. The Morgan fingerprint density at radius 3 is 2.66 bits per heavy atom. The van der Waals surface area contributed by atoms with Crippen LogP contribution >= 0.6 is 0 Å². The van der Waals surface area contributed by atoms with E-state index >= 15 is 0 Å². The Kier molecular flexibility index (Phi) is 7.32. The molecule has 2 atom stereocenters. The number of fused-ring (bicyclic) bond motifs is 1. The standard InChI is InChI=1S/C24H31F3N6O2/c1-14-16(7-10-20(28)32-14)11-31-22(34)19-9-8-17-12-29-21(23(35)33(17)19)30-13-18(24(25,26)27)15-5-3-2-4-6-15/h7,10,12,15,18-19H,2-6,8-9,11,13H2,1H3,(H2,28,32)(H,29,30)(H,31,34)/t18-,19-/m0/s1. The van der Waals surface area contributed by atoms with Crippen LogP contribution in [0.5, 0.6) is 0 Å². The minimum atomic E-state index is -4.36. The van der Waals surface area contributed by atoms with Crippen LogP contribution in [0.3, 0.4) is 0 Å². The van der Waals surface area contributed by atoms with Crippen molar-refractivity contribution in [1.29, 1.82) is 0 Å². The quantitative estimate of drug-likeness (QED) is 0.545. The van der Waals surface area contributed by atoms with Crippen LogP contribution in [0.15, 0.2) is 23.1 Å². The Morgan fingerprint density at radius 1 is 1.23 bits per heavy atom. The monoisotopic (exact) mass is 492 g/mol. The fourth-order valence-corrected chi connectivity index (χ4v) is 5.20. The van der Waals surface area contributed by atoms with Crippen molar-refractivity contribution < 1.29 is 18.0 Å². The zero-order chi connectivity index (χ0) is 25.2. The molecule has 2 aliphatic rings. The Morgan fingerprint density at radius 2 is 1.97 bits per heavy atom. The molecule has 1 saturated carbocycles. The molecule has 190 valence electrons. The van der Waals surface area contributed by atoms with Crippen molar-refractivity contribution >= 4 is 17.5 Å². The molecule has 2 aromatic heterocycles. The van der Waals surface area contributed by atoms with E-state index in [1.807, 2.05) is 0 Å². The van der Waals surface area contributed by atoms with E-state index in [0.717, 1.165) is 24.8 Å². The van der Waals surface area contributed by atoms with E-state index < -0.39 is 36.2 Å². The number of pyridine rings is 1. The van der Waals surface area contributed by atoms with Gasteiger partial charge in [-0.2, -0.15) is 13.2 Å². The maximum absolute atomic E-state index is 13.8. The SMILES string of the molecule is Cc1nc(N)ccc1CNC(=O)[C@@H]1CCc2cnc(NC[C@@H](C3CCCCC3)C(F)(F)F)c(=O)n21. The van der Waals surface area contributed by atoms with Gasteiger partial charge in [0.2, 0.25) is 5.91 Å². The summed E-state index contributed by atoms with van der Waals surface area (Å²) in [4.78, 5) is 34.3. The fourth-order valence-electron chi connectivity index (χ4n) is 5.20. The van der Waals surface area contributed by atoms with Crippen LogP contribution in [-0.2, 0) is 17.8 Å². The molecule has 0 bridgehead atoms. The van der Waals surface area contributed by atoms with Crippen molar-refractivity contribution in [2.24, 2.45) is 11.8 Å². The summed E-state index contributed by atoms with van der Waals surface area (Å²) in [6.45, 7) is 1.61. The molecule has 1 amide bonds. The molecular weight excluding hydrogens is 461 g/mol. The van der Waals surface area contributed by atoms with Crippen molar-refractivity contribution in [3.05, 3.63) is 45.6 Å². The van der Waals surface area contributed by atoms with Crippen LogP contribution < -0.4 is 21.9 Å². The lowest BCUT2D eigenvalue weighted by atomic mass is 9.79. The summed E-state index contributed by atoms with van der Waals surface area (Å²) in [5.74, 6) is -2.11. The van der Waals surface area contributed by atoms with Crippen LogP contribution in [0.25, 0.3) is 0 Å². The van der Waals surface area contributed by atoms with Crippen LogP contribution in [0.4, 0.5) is 24.8 Å². The number of hydrogen-bond acceptors (Lipinski definition) is 6. The van der Waals surface area contributed by atoms with Crippen molar-refractivity contribution in [3.8, 4) is 0 Å². The smallest absolute Gasteiger partial charge is 0.384 e.